The van der Waals surface area contributed by atoms with Crippen LogP contribution in [0.15, 0.2) is 60.8 Å². The lowest BCUT2D eigenvalue weighted by molar-refractivity contribution is 0.117. The summed E-state index contributed by atoms with van der Waals surface area (Å²) in [5.74, 6) is 2.13. The molecule has 1 aliphatic heterocycles. The molecule has 174 valence electrons. The third-order valence-electron chi connectivity index (χ3n) is 6.02. The van der Waals surface area contributed by atoms with Gasteiger partial charge in [-0.2, -0.15) is 0 Å². The van der Waals surface area contributed by atoms with Crippen molar-refractivity contribution >= 4 is 5.69 Å². The molecule has 0 amide bonds. The van der Waals surface area contributed by atoms with Crippen LogP contribution in [0.2, 0.25) is 0 Å². The molecule has 2 unspecified atom stereocenters. The molecule has 6 heteroatoms. The first-order valence-corrected chi connectivity index (χ1v) is 11.5. The van der Waals surface area contributed by atoms with Gasteiger partial charge < -0.3 is 24.2 Å². The van der Waals surface area contributed by atoms with Crippen LogP contribution in [0.4, 0.5) is 5.69 Å². The van der Waals surface area contributed by atoms with Crippen molar-refractivity contribution in [1.82, 2.24) is 4.98 Å². The lowest BCUT2D eigenvalue weighted by Crippen LogP contribution is -2.35. The number of para-hydroxylation sites is 1. The number of anilines is 1. The van der Waals surface area contributed by atoms with E-state index in [1.54, 1.807) is 7.11 Å². The number of aromatic nitrogens is 1. The van der Waals surface area contributed by atoms with Gasteiger partial charge in [-0.1, -0.05) is 24.3 Å². The molecular formula is C27H32N2O4. The zero-order valence-electron chi connectivity index (χ0n) is 19.5. The average molecular weight is 449 g/mol. The second kappa shape index (κ2) is 10.7. The number of nitrogens with zero attached hydrogens (tertiary/aromatic N) is 2. The van der Waals surface area contributed by atoms with Crippen LogP contribution >= 0.6 is 0 Å². The predicted molar refractivity (Wildman–Crippen MR) is 129 cm³/mol. The third-order valence-corrected chi connectivity index (χ3v) is 6.02. The molecule has 1 fully saturated rings. The molecule has 0 saturated carbocycles. The van der Waals surface area contributed by atoms with Gasteiger partial charge in [0.15, 0.2) is 6.23 Å². The van der Waals surface area contributed by atoms with E-state index in [0.717, 1.165) is 53.3 Å². The minimum Gasteiger partial charge on any atom is -0.457 e. The largest absolute Gasteiger partial charge is 0.457 e. The Labute approximate surface area is 195 Å². The first-order valence-electron chi connectivity index (χ1n) is 11.5. The second-order valence-corrected chi connectivity index (χ2v) is 8.36. The molecule has 1 N–H and O–H groups in total. The van der Waals surface area contributed by atoms with E-state index in [1.165, 1.54) is 0 Å². The van der Waals surface area contributed by atoms with Crippen molar-refractivity contribution in [3.63, 3.8) is 0 Å². The summed E-state index contributed by atoms with van der Waals surface area (Å²) in [4.78, 5) is 6.66. The highest BCUT2D eigenvalue weighted by Gasteiger charge is 2.28. The fourth-order valence-corrected chi connectivity index (χ4v) is 4.19. The Morgan fingerprint density at radius 3 is 2.76 bits per heavy atom. The number of pyridine rings is 1. The van der Waals surface area contributed by atoms with Crippen LogP contribution in [0.1, 0.15) is 42.6 Å². The molecule has 2 heterocycles. The van der Waals surface area contributed by atoms with E-state index in [-0.39, 0.29) is 18.9 Å². The van der Waals surface area contributed by atoms with Crippen LogP contribution in [-0.4, -0.2) is 36.6 Å². The number of benzene rings is 2. The number of hydrogen-bond acceptors (Lipinski definition) is 6. The van der Waals surface area contributed by atoms with Gasteiger partial charge in [0.1, 0.15) is 11.5 Å². The number of aliphatic hydroxyl groups is 1. The third kappa shape index (κ3) is 5.46. The molecular weight excluding hydrogens is 416 g/mol. The molecule has 4 rings (SSSR count). The van der Waals surface area contributed by atoms with Gasteiger partial charge in [0, 0.05) is 50.2 Å². The highest BCUT2D eigenvalue weighted by molar-refractivity contribution is 5.58. The van der Waals surface area contributed by atoms with Crippen LogP contribution < -0.4 is 14.4 Å². The van der Waals surface area contributed by atoms with Crippen LogP contribution in [0.25, 0.3) is 0 Å². The zero-order chi connectivity index (χ0) is 23.2. The van der Waals surface area contributed by atoms with Crippen molar-refractivity contribution in [2.75, 3.05) is 25.2 Å². The quantitative estimate of drug-likeness (QED) is 0.471. The van der Waals surface area contributed by atoms with Crippen molar-refractivity contribution in [3.8, 4) is 17.4 Å². The Morgan fingerprint density at radius 2 is 2.00 bits per heavy atom. The second-order valence-electron chi connectivity index (χ2n) is 8.36. The van der Waals surface area contributed by atoms with Crippen molar-refractivity contribution in [2.24, 2.45) is 0 Å². The summed E-state index contributed by atoms with van der Waals surface area (Å²) in [7, 11) is 1.69. The highest BCUT2D eigenvalue weighted by atomic mass is 16.5. The van der Waals surface area contributed by atoms with Crippen LogP contribution in [0.5, 0.6) is 17.4 Å². The van der Waals surface area contributed by atoms with E-state index < -0.39 is 0 Å². The summed E-state index contributed by atoms with van der Waals surface area (Å²) in [5, 5.41) is 9.73. The summed E-state index contributed by atoms with van der Waals surface area (Å²) in [6.07, 6.45) is 4.15. The molecule has 0 aliphatic carbocycles. The van der Waals surface area contributed by atoms with Crippen molar-refractivity contribution in [2.45, 2.75) is 45.4 Å². The predicted octanol–water partition coefficient (Wildman–Crippen LogP) is 5.43. The summed E-state index contributed by atoms with van der Waals surface area (Å²) in [6, 6.07) is 17.9. The monoisotopic (exact) mass is 448 g/mol. The van der Waals surface area contributed by atoms with Gasteiger partial charge in [-0.05, 0) is 62.1 Å². The minimum absolute atomic E-state index is 0.0621. The summed E-state index contributed by atoms with van der Waals surface area (Å²) in [5.41, 5.74) is 4.18. The van der Waals surface area contributed by atoms with Gasteiger partial charge in [-0.3, -0.25) is 0 Å². The maximum atomic E-state index is 9.73. The molecule has 2 aromatic carbocycles. The lowest BCUT2D eigenvalue weighted by Gasteiger charge is -2.29. The van der Waals surface area contributed by atoms with Gasteiger partial charge >= 0.3 is 0 Å². The molecule has 2 atom stereocenters. The Morgan fingerprint density at radius 1 is 1.15 bits per heavy atom. The number of methoxy groups -OCH3 is 1. The molecule has 1 saturated heterocycles. The van der Waals surface area contributed by atoms with E-state index in [2.05, 4.69) is 16.0 Å². The van der Waals surface area contributed by atoms with Crippen molar-refractivity contribution in [3.05, 3.63) is 77.5 Å². The fraction of sp³-hybridized carbons (Fsp3) is 0.370. The van der Waals surface area contributed by atoms with Gasteiger partial charge in [0.2, 0.25) is 5.88 Å². The normalized spacial score (nSPS) is 16.6. The Kier molecular flexibility index (Phi) is 7.47. The molecule has 1 aliphatic rings. The van der Waals surface area contributed by atoms with Crippen LogP contribution in [0.3, 0.4) is 0 Å². The maximum Gasteiger partial charge on any atom is 0.215 e. The maximum absolute atomic E-state index is 9.73. The standard InChI is InChI=1S/C27H32N2O4/c1-19-10-13-26(28-18-19)33-27-9-6-15-29(27)24-12-11-22(17-21(24)14-16-30)32-25-8-5-4-7-23(25)20(2)31-3/h4-5,7-8,10-13,17-18,20,27,30H,6,9,14-16H2,1-3H3. The van der Waals surface area contributed by atoms with Gasteiger partial charge in [0.05, 0.1) is 6.10 Å². The number of rotatable bonds is 9. The Hall–Kier alpha value is -3.09. The van der Waals surface area contributed by atoms with Gasteiger partial charge in [0.25, 0.3) is 0 Å². The van der Waals surface area contributed by atoms with Crippen LogP contribution in [-0.2, 0) is 11.2 Å². The van der Waals surface area contributed by atoms with E-state index in [4.69, 9.17) is 14.2 Å². The van der Waals surface area contributed by atoms with Gasteiger partial charge in [-0.25, -0.2) is 4.98 Å². The highest BCUT2D eigenvalue weighted by Crippen LogP contribution is 2.36. The molecule has 33 heavy (non-hydrogen) atoms. The number of hydrogen-bond donors (Lipinski definition) is 1. The minimum atomic E-state index is -0.0901. The van der Waals surface area contributed by atoms with Crippen LogP contribution in [0, 0.1) is 6.92 Å². The molecule has 1 aromatic heterocycles. The number of ether oxygens (including phenoxy) is 3. The molecule has 0 bridgehead atoms. The average Bonchev–Trinajstić information content (AvgIpc) is 3.28. The number of aliphatic hydroxyl groups excluding tert-OH is 1. The SMILES string of the molecule is COC(C)c1ccccc1Oc1ccc(N2CCCC2Oc2ccc(C)cn2)c(CCO)c1. The van der Waals surface area contributed by atoms with Crippen molar-refractivity contribution < 1.29 is 19.3 Å². The molecule has 0 radical (unpaired) electrons. The first-order chi connectivity index (χ1) is 16.1. The summed E-state index contributed by atoms with van der Waals surface area (Å²) >= 11 is 0. The summed E-state index contributed by atoms with van der Waals surface area (Å²) in [6.45, 7) is 4.96. The van der Waals surface area contributed by atoms with E-state index in [0.29, 0.717) is 12.3 Å². The van der Waals surface area contributed by atoms with E-state index in [9.17, 15) is 5.11 Å². The van der Waals surface area contributed by atoms with E-state index >= 15 is 0 Å². The van der Waals surface area contributed by atoms with Gasteiger partial charge in [-0.15, -0.1) is 0 Å². The zero-order valence-corrected chi connectivity index (χ0v) is 19.5. The molecule has 6 nitrogen and oxygen atoms in total. The number of aryl methyl sites for hydroxylation is 1. The topological polar surface area (TPSA) is 64.1 Å². The molecule has 0 spiro atoms. The molecule has 3 aromatic rings. The first kappa shape index (κ1) is 23.1. The Bertz CT molecular complexity index is 1050. The fourth-order valence-electron chi connectivity index (χ4n) is 4.19. The van der Waals surface area contributed by atoms with E-state index in [1.807, 2.05) is 68.6 Å². The summed E-state index contributed by atoms with van der Waals surface area (Å²) < 4.78 is 18.0. The lowest BCUT2D eigenvalue weighted by atomic mass is 10.1. The van der Waals surface area contributed by atoms with Crippen molar-refractivity contribution in [1.29, 1.82) is 0 Å². The smallest absolute Gasteiger partial charge is 0.215 e. The Balaban J connectivity index is 1.58.